The first-order chi connectivity index (χ1) is 6.75. The molecule has 0 radical (unpaired) electrons. The second-order valence-corrected chi connectivity index (χ2v) is 2.63. The maximum atomic E-state index is 11.8. The Hall–Kier alpha value is -1.72. The van der Waals surface area contributed by atoms with E-state index in [4.69, 9.17) is 4.74 Å². The summed E-state index contributed by atoms with van der Waals surface area (Å²) in [7, 11) is 0. The van der Waals surface area contributed by atoms with Crippen LogP contribution in [0.4, 0.5) is 8.78 Å². The lowest BCUT2D eigenvalue weighted by molar-refractivity contribution is 0.0793. The molecular formula is C8H7F2N3O. The number of alkyl halides is 2. The van der Waals surface area contributed by atoms with Gasteiger partial charge in [0.1, 0.15) is 0 Å². The monoisotopic (exact) mass is 199 g/mol. The molecule has 0 fully saturated rings. The van der Waals surface area contributed by atoms with Gasteiger partial charge in [-0.2, -0.15) is 5.10 Å². The summed E-state index contributed by atoms with van der Waals surface area (Å²) in [4.78, 5) is 3.83. The topological polar surface area (TPSA) is 39.4 Å². The molecule has 2 aromatic heterocycles. The highest BCUT2D eigenvalue weighted by molar-refractivity contribution is 5.43. The van der Waals surface area contributed by atoms with Gasteiger partial charge in [0.25, 0.3) is 6.43 Å². The van der Waals surface area contributed by atoms with Crippen LogP contribution in [0.3, 0.4) is 0 Å². The average Bonchev–Trinajstić information content (AvgIpc) is 2.61. The van der Waals surface area contributed by atoms with Crippen LogP contribution in [0.15, 0.2) is 24.7 Å². The van der Waals surface area contributed by atoms with Gasteiger partial charge in [0.05, 0.1) is 24.1 Å². The molecule has 4 nitrogen and oxygen atoms in total. The molecule has 14 heavy (non-hydrogen) atoms. The van der Waals surface area contributed by atoms with E-state index in [1.165, 1.54) is 16.9 Å². The fourth-order valence-electron chi connectivity index (χ4n) is 1.03. The Morgan fingerprint density at radius 2 is 2.36 bits per heavy atom. The molecule has 0 aliphatic carbocycles. The summed E-state index contributed by atoms with van der Waals surface area (Å²) in [6, 6.07) is 1.75. The van der Waals surface area contributed by atoms with Crippen LogP contribution < -0.4 is 4.74 Å². The maximum absolute atomic E-state index is 11.8. The maximum Gasteiger partial charge on any atom is 0.272 e. The fourth-order valence-corrected chi connectivity index (χ4v) is 1.03. The van der Waals surface area contributed by atoms with Gasteiger partial charge in [-0.05, 0) is 6.07 Å². The van der Waals surface area contributed by atoms with Crippen molar-refractivity contribution in [3.8, 4) is 5.88 Å². The van der Waals surface area contributed by atoms with Crippen LogP contribution in [0, 0.1) is 0 Å². The van der Waals surface area contributed by atoms with Crippen molar-refractivity contribution in [1.29, 1.82) is 0 Å². The number of halogens is 2. The van der Waals surface area contributed by atoms with Gasteiger partial charge >= 0.3 is 0 Å². The number of nitrogens with zero attached hydrogens (tertiary/aromatic N) is 3. The summed E-state index contributed by atoms with van der Waals surface area (Å²) in [5.41, 5.74) is 0.786. The second kappa shape index (κ2) is 3.57. The Bertz CT molecular complexity index is 429. The van der Waals surface area contributed by atoms with E-state index in [9.17, 15) is 8.78 Å². The number of fused-ring (bicyclic) bond motifs is 1. The van der Waals surface area contributed by atoms with Gasteiger partial charge in [0.15, 0.2) is 6.61 Å². The largest absolute Gasteiger partial charge is 0.470 e. The van der Waals surface area contributed by atoms with E-state index in [-0.39, 0.29) is 5.88 Å². The number of hydrogen-bond donors (Lipinski definition) is 0. The first-order valence-corrected chi connectivity index (χ1v) is 3.96. The Morgan fingerprint density at radius 1 is 1.50 bits per heavy atom. The van der Waals surface area contributed by atoms with Gasteiger partial charge < -0.3 is 4.74 Å². The predicted octanol–water partition coefficient (Wildman–Crippen LogP) is 1.37. The second-order valence-electron chi connectivity index (χ2n) is 2.63. The molecule has 0 unspecified atom stereocenters. The SMILES string of the molecule is FC(F)COc1cn2nccc2cn1. The zero-order valence-electron chi connectivity index (χ0n) is 7.10. The summed E-state index contributed by atoms with van der Waals surface area (Å²) in [6.45, 7) is -0.653. The Morgan fingerprint density at radius 3 is 3.14 bits per heavy atom. The van der Waals surface area contributed by atoms with Crippen molar-refractivity contribution in [1.82, 2.24) is 14.6 Å². The molecule has 6 heteroatoms. The minimum absolute atomic E-state index is 0.140. The van der Waals surface area contributed by atoms with Crippen LogP contribution >= 0.6 is 0 Å². The summed E-state index contributed by atoms with van der Waals surface area (Å²) >= 11 is 0. The number of hydrogen-bond acceptors (Lipinski definition) is 3. The van der Waals surface area contributed by atoms with Crippen LogP contribution in [0.2, 0.25) is 0 Å². The van der Waals surface area contributed by atoms with Gasteiger partial charge in [0.2, 0.25) is 5.88 Å². The zero-order valence-corrected chi connectivity index (χ0v) is 7.10. The quantitative estimate of drug-likeness (QED) is 0.749. The van der Waals surface area contributed by atoms with Crippen molar-refractivity contribution in [2.24, 2.45) is 0 Å². The van der Waals surface area contributed by atoms with Gasteiger partial charge in [-0.3, -0.25) is 0 Å². The fraction of sp³-hybridized carbons (Fsp3) is 0.250. The standard InChI is InChI=1S/C8H7F2N3O/c9-7(10)5-14-8-4-13-6(3-11-8)1-2-12-13/h1-4,7H,5H2. The number of ether oxygens (including phenoxy) is 1. The van der Waals surface area contributed by atoms with Crippen LogP contribution in [0.5, 0.6) is 5.88 Å². The third-order valence-electron chi connectivity index (χ3n) is 1.61. The van der Waals surface area contributed by atoms with Crippen LogP contribution in [-0.4, -0.2) is 27.6 Å². The summed E-state index contributed by atoms with van der Waals surface area (Å²) in [5, 5.41) is 3.92. The molecule has 0 amide bonds. The van der Waals surface area contributed by atoms with E-state index in [1.54, 1.807) is 12.3 Å². The molecule has 0 spiro atoms. The van der Waals surface area contributed by atoms with Crippen molar-refractivity contribution in [3.63, 3.8) is 0 Å². The Kier molecular flexibility index (Phi) is 2.26. The third kappa shape index (κ3) is 1.78. The summed E-state index contributed by atoms with van der Waals surface area (Å²) in [6.07, 6.45) is 2.06. The van der Waals surface area contributed by atoms with Gasteiger partial charge in [-0.15, -0.1) is 0 Å². The normalized spacial score (nSPS) is 11.1. The number of rotatable bonds is 3. The van der Waals surface area contributed by atoms with Crippen LogP contribution in [0.1, 0.15) is 0 Å². The van der Waals surface area contributed by atoms with Crippen LogP contribution in [-0.2, 0) is 0 Å². The highest BCUT2D eigenvalue weighted by atomic mass is 19.3. The molecule has 0 saturated heterocycles. The minimum Gasteiger partial charge on any atom is -0.470 e. The van der Waals surface area contributed by atoms with E-state index < -0.39 is 13.0 Å². The first kappa shape index (κ1) is 8.86. The van der Waals surface area contributed by atoms with E-state index in [0.717, 1.165) is 5.52 Å². The van der Waals surface area contributed by atoms with Crippen molar-refractivity contribution in [2.45, 2.75) is 6.43 Å². The molecule has 0 aliphatic heterocycles. The van der Waals surface area contributed by atoms with Crippen LogP contribution in [0.25, 0.3) is 5.52 Å². The average molecular weight is 199 g/mol. The Labute approximate surface area is 78.1 Å². The van der Waals surface area contributed by atoms with E-state index in [2.05, 4.69) is 10.1 Å². The molecule has 0 bridgehead atoms. The molecule has 2 heterocycles. The van der Waals surface area contributed by atoms with E-state index >= 15 is 0 Å². The lowest BCUT2D eigenvalue weighted by Crippen LogP contribution is -2.08. The third-order valence-corrected chi connectivity index (χ3v) is 1.61. The molecule has 0 N–H and O–H groups in total. The van der Waals surface area contributed by atoms with Gasteiger partial charge in [-0.25, -0.2) is 18.3 Å². The molecule has 0 aliphatic rings. The lowest BCUT2D eigenvalue weighted by atomic mass is 10.5. The summed E-state index contributed by atoms with van der Waals surface area (Å²) in [5.74, 6) is 0.140. The smallest absolute Gasteiger partial charge is 0.272 e. The highest BCUT2D eigenvalue weighted by Crippen LogP contribution is 2.08. The molecule has 0 aromatic carbocycles. The van der Waals surface area contributed by atoms with E-state index in [1.807, 2.05) is 0 Å². The van der Waals surface area contributed by atoms with Gasteiger partial charge in [0, 0.05) is 0 Å². The molecule has 0 saturated carbocycles. The number of aromatic nitrogens is 3. The molecular weight excluding hydrogens is 192 g/mol. The van der Waals surface area contributed by atoms with Crippen molar-refractivity contribution in [2.75, 3.05) is 6.61 Å². The van der Waals surface area contributed by atoms with Gasteiger partial charge in [-0.1, -0.05) is 0 Å². The Balaban J connectivity index is 2.17. The lowest BCUT2D eigenvalue weighted by Gasteiger charge is -2.03. The molecule has 2 rings (SSSR count). The predicted molar refractivity (Wildman–Crippen MR) is 44.5 cm³/mol. The van der Waals surface area contributed by atoms with E-state index in [0.29, 0.717) is 0 Å². The first-order valence-electron chi connectivity index (χ1n) is 3.96. The zero-order chi connectivity index (χ0) is 9.97. The minimum atomic E-state index is -2.50. The highest BCUT2D eigenvalue weighted by Gasteiger charge is 2.05. The molecule has 2 aromatic rings. The summed E-state index contributed by atoms with van der Waals surface area (Å²) < 4.78 is 29.8. The molecule has 74 valence electrons. The van der Waals surface area contributed by atoms with Crippen molar-refractivity contribution in [3.05, 3.63) is 24.7 Å². The van der Waals surface area contributed by atoms with Crippen molar-refractivity contribution < 1.29 is 13.5 Å². The molecule has 0 atom stereocenters. The van der Waals surface area contributed by atoms with Crippen molar-refractivity contribution >= 4 is 5.52 Å².